The van der Waals surface area contributed by atoms with Crippen molar-refractivity contribution in [1.29, 1.82) is 0 Å². The number of hydrogen-bond acceptors (Lipinski definition) is 4. The molecule has 0 saturated heterocycles. The Morgan fingerprint density at radius 3 is 2.55 bits per heavy atom. The van der Waals surface area contributed by atoms with Crippen LogP contribution in [-0.2, 0) is 16.6 Å². The minimum Gasteiger partial charge on any atom is -0.313 e. The highest BCUT2D eigenvalue weighted by Crippen LogP contribution is 2.23. The standard InChI is InChI=1S/C14H18N2O2S2/c1-3-15-9-12-8-14(19-10-12)20(17,18)16-13-6-4-11(2)5-7-13/h4-8,10,15-16H,3,9H2,1-2H3. The van der Waals surface area contributed by atoms with Gasteiger partial charge in [0.2, 0.25) is 0 Å². The molecule has 0 bridgehead atoms. The average molecular weight is 310 g/mol. The van der Waals surface area contributed by atoms with Gasteiger partial charge in [0.15, 0.2) is 0 Å². The predicted molar refractivity (Wildman–Crippen MR) is 83.7 cm³/mol. The van der Waals surface area contributed by atoms with Crippen molar-refractivity contribution < 1.29 is 8.42 Å². The summed E-state index contributed by atoms with van der Waals surface area (Å²) >= 11 is 1.24. The molecule has 6 heteroatoms. The van der Waals surface area contributed by atoms with E-state index < -0.39 is 10.0 Å². The third-order valence-corrected chi connectivity index (χ3v) is 5.65. The quantitative estimate of drug-likeness (QED) is 0.862. The molecule has 0 atom stereocenters. The molecule has 0 saturated carbocycles. The van der Waals surface area contributed by atoms with Gasteiger partial charge in [0.1, 0.15) is 4.21 Å². The molecule has 2 N–H and O–H groups in total. The fourth-order valence-corrected chi connectivity index (χ4v) is 3.95. The second-order valence-corrected chi connectivity index (χ2v) is 7.35. The molecule has 0 spiro atoms. The molecule has 0 unspecified atom stereocenters. The van der Waals surface area contributed by atoms with E-state index in [1.165, 1.54) is 11.3 Å². The summed E-state index contributed by atoms with van der Waals surface area (Å²) in [5.41, 5.74) is 2.66. The lowest BCUT2D eigenvalue weighted by Crippen LogP contribution is -2.12. The molecule has 2 aromatic rings. The largest absolute Gasteiger partial charge is 0.313 e. The number of rotatable bonds is 6. The summed E-state index contributed by atoms with van der Waals surface area (Å²) in [4.78, 5) is 0. The van der Waals surface area contributed by atoms with E-state index in [9.17, 15) is 8.42 Å². The van der Waals surface area contributed by atoms with Gasteiger partial charge in [-0.3, -0.25) is 4.72 Å². The predicted octanol–water partition coefficient (Wildman–Crippen LogP) is 2.97. The number of thiophene rings is 1. The van der Waals surface area contributed by atoms with E-state index in [-0.39, 0.29) is 0 Å². The molecule has 0 radical (unpaired) electrons. The molecule has 1 aromatic heterocycles. The zero-order valence-corrected chi connectivity index (χ0v) is 13.1. The Kier molecular flexibility index (Phi) is 4.80. The van der Waals surface area contributed by atoms with Gasteiger partial charge in [-0.25, -0.2) is 8.42 Å². The molecule has 0 aliphatic rings. The third kappa shape index (κ3) is 3.82. The number of nitrogens with one attached hydrogen (secondary N) is 2. The molecule has 20 heavy (non-hydrogen) atoms. The maximum atomic E-state index is 12.3. The zero-order chi connectivity index (χ0) is 14.6. The van der Waals surface area contributed by atoms with Crippen molar-refractivity contribution in [2.24, 2.45) is 0 Å². The summed E-state index contributed by atoms with van der Waals surface area (Å²) in [5, 5.41) is 5.04. The van der Waals surface area contributed by atoms with Crippen LogP contribution in [0.2, 0.25) is 0 Å². The average Bonchev–Trinajstić information content (AvgIpc) is 2.88. The molecule has 4 nitrogen and oxygen atoms in total. The first-order valence-corrected chi connectivity index (χ1v) is 8.75. The van der Waals surface area contributed by atoms with Crippen molar-refractivity contribution in [2.75, 3.05) is 11.3 Å². The monoisotopic (exact) mass is 310 g/mol. The van der Waals surface area contributed by atoms with E-state index >= 15 is 0 Å². The van der Waals surface area contributed by atoms with Gasteiger partial charge in [-0.2, -0.15) is 0 Å². The zero-order valence-electron chi connectivity index (χ0n) is 11.5. The van der Waals surface area contributed by atoms with Crippen LogP contribution in [0.1, 0.15) is 18.1 Å². The molecular weight excluding hydrogens is 292 g/mol. The molecule has 0 fully saturated rings. The summed E-state index contributed by atoms with van der Waals surface area (Å²) in [6, 6.07) is 9.00. The number of aryl methyl sites for hydroxylation is 1. The van der Waals surface area contributed by atoms with E-state index in [4.69, 9.17) is 0 Å². The van der Waals surface area contributed by atoms with Crippen LogP contribution < -0.4 is 10.0 Å². The lowest BCUT2D eigenvalue weighted by Gasteiger charge is -2.06. The van der Waals surface area contributed by atoms with Gasteiger partial charge in [-0.1, -0.05) is 24.6 Å². The van der Waals surface area contributed by atoms with E-state index in [1.807, 2.05) is 31.4 Å². The highest BCUT2D eigenvalue weighted by molar-refractivity contribution is 7.94. The highest BCUT2D eigenvalue weighted by Gasteiger charge is 2.16. The third-order valence-electron chi connectivity index (χ3n) is 2.78. The molecule has 0 aliphatic heterocycles. The van der Waals surface area contributed by atoms with Crippen LogP contribution in [0, 0.1) is 6.92 Å². The molecule has 1 aromatic carbocycles. The fraction of sp³-hybridized carbons (Fsp3) is 0.286. The van der Waals surface area contributed by atoms with E-state index in [2.05, 4.69) is 10.0 Å². The minimum atomic E-state index is -3.49. The summed E-state index contributed by atoms with van der Waals surface area (Å²) < 4.78 is 27.4. The number of anilines is 1. The fourth-order valence-electron chi connectivity index (χ4n) is 1.68. The van der Waals surface area contributed by atoms with Crippen molar-refractivity contribution in [2.45, 2.75) is 24.6 Å². The first kappa shape index (κ1) is 15.0. The van der Waals surface area contributed by atoms with Crippen molar-refractivity contribution in [3.05, 3.63) is 46.8 Å². The van der Waals surface area contributed by atoms with E-state index in [0.29, 0.717) is 16.4 Å². The van der Waals surface area contributed by atoms with Crippen molar-refractivity contribution in [3.8, 4) is 0 Å². The summed E-state index contributed by atoms with van der Waals surface area (Å²) in [6.45, 7) is 5.53. The van der Waals surface area contributed by atoms with Crippen molar-refractivity contribution in [3.63, 3.8) is 0 Å². The van der Waals surface area contributed by atoms with Gasteiger partial charge in [-0.05, 0) is 42.6 Å². The van der Waals surface area contributed by atoms with Crippen molar-refractivity contribution in [1.82, 2.24) is 5.32 Å². The Labute approximate surface area is 123 Å². The molecule has 0 aliphatic carbocycles. The molecule has 2 rings (SSSR count). The Balaban J connectivity index is 2.13. The van der Waals surface area contributed by atoms with Gasteiger partial charge in [0.05, 0.1) is 0 Å². The van der Waals surface area contributed by atoms with Crippen LogP contribution >= 0.6 is 11.3 Å². The smallest absolute Gasteiger partial charge is 0.271 e. The molecule has 1 heterocycles. The lowest BCUT2D eigenvalue weighted by atomic mass is 10.2. The Hall–Kier alpha value is -1.37. The first-order valence-electron chi connectivity index (χ1n) is 6.39. The first-order chi connectivity index (χ1) is 9.51. The van der Waals surface area contributed by atoms with Crippen LogP contribution in [0.15, 0.2) is 39.9 Å². The second-order valence-electron chi connectivity index (χ2n) is 4.53. The normalized spacial score (nSPS) is 11.5. The van der Waals surface area contributed by atoms with Crippen molar-refractivity contribution >= 4 is 27.0 Å². The van der Waals surface area contributed by atoms with Crippen LogP contribution in [0.25, 0.3) is 0 Å². The summed E-state index contributed by atoms with van der Waals surface area (Å²) in [7, 11) is -3.49. The van der Waals surface area contributed by atoms with Gasteiger partial charge < -0.3 is 5.32 Å². The lowest BCUT2D eigenvalue weighted by molar-refractivity contribution is 0.603. The van der Waals surface area contributed by atoms with Gasteiger partial charge in [0.25, 0.3) is 10.0 Å². The highest BCUT2D eigenvalue weighted by atomic mass is 32.2. The maximum absolute atomic E-state index is 12.3. The molecule has 0 amide bonds. The summed E-state index contributed by atoms with van der Waals surface area (Å²) in [6.07, 6.45) is 0. The SMILES string of the molecule is CCNCc1csc(S(=O)(=O)Nc2ccc(C)cc2)c1. The van der Waals surface area contributed by atoms with Crippen LogP contribution in [-0.4, -0.2) is 15.0 Å². The topological polar surface area (TPSA) is 58.2 Å². The number of benzene rings is 1. The number of hydrogen-bond donors (Lipinski definition) is 2. The summed E-state index contributed by atoms with van der Waals surface area (Å²) in [5.74, 6) is 0. The Bertz CT molecular complexity index is 661. The molecule has 108 valence electrons. The number of sulfonamides is 1. The van der Waals surface area contributed by atoms with Crippen LogP contribution in [0.4, 0.5) is 5.69 Å². The molecular formula is C14H18N2O2S2. The Morgan fingerprint density at radius 2 is 1.90 bits per heavy atom. The minimum absolute atomic E-state index is 0.339. The van der Waals surface area contributed by atoms with Gasteiger partial charge >= 0.3 is 0 Å². The second kappa shape index (κ2) is 6.39. The van der Waals surface area contributed by atoms with Crippen LogP contribution in [0.5, 0.6) is 0 Å². The van der Waals surface area contributed by atoms with E-state index in [0.717, 1.165) is 17.7 Å². The maximum Gasteiger partial charge on any atom is 0.271 e. The van der Waals surface area contributed by atoms with Crippen LogP contribution in [0.3, 0.4) is 0 Å². The van der Waals surface area contributed by atoms with E-state index in [1.54, 1.807) is 18.2 Å². The Morgan fingerprint density at radius 1 is 1.20 bits per heavy atom. The van der Waals surface area contributed by atoms with Gasteiger partial charge in [0, 0.05) is 12.2 Å². The van der Waals surface area contributed by atoms with Gasteiger partial charge in [-0.15, -0.1) is 11.3 Å².